The fourth-order valence-corrected chi connectivity index (χ4v) is 2.47. The van der Waals surface area contributed by atoms with Crippen molar-refractivity contribution in [3.05, 3.63) is 23.9 Å². The lowest BCUT2D eigenvalue weighted by atomic mass is 9.97. The molecule has 0 aromatic carbocycles. The van der Waals surface area contributed by atoms with Crippen molar-refractivity contribution in [1.29, 1.82) is 5.26 Å². The van der Waals surface area contributed by atoms with Gasteiger partial charge in [-0.05, 0) is 30.9 Å². The van der Waals surface area contributed by atoms with Crippen LogP contribution in [0.3, 0.4) is 0 Å². The second-order valence-corrected chi connectivity index (χ2v) is 4.89. The zero-order valence-corrected chi connectivity index (χ0v) is 10.3. The first kappa shape index (κ1) is 11.9. The van der Waals surface area contributed by atoms with Crippen molar-refractivity contribution in [2.75, 3.05) is 5.32 Å². The fraction of sp³-hybridized carbons (Fsp3) is 0.571. The highest BCUT2D eigenvalue weighted by Crippen LogP contribution is 2.25. The maximum atomic E-state index is 8.82. The van der Waals surface area contributed by atoms with E-state index >= 15 is 0 Å². The largest absolute Gasteiger partial charge is 0.367 e. The van der Waals surface area contributed by atoms with Crippen molar-refractivity contribution < 1.29 is 0 Å². The molecule has 1 fully saturated rings. The predicted octanol–water partition coefficient (Wildman–Crippen LogP) is 3.33. The summed E-state index contributed by atoms with van der Waals surface area (Å²) in [4.78, 5) is 4.28. The van der Waals surface area contributed by atoms with Crippen LogP contribution >= 0.6 is 0 Å². The van der Waals surface area contributed by atoms with Gasteiger partial charge < -0.3 is 5.32 Å². The van der Waals surface area contributed by atoms with Crippen LogP contribution in [0.15, 0.2) is 18.2 Å². The SMILES string of the molecule is CC1CCCCCC1Nc1cccc(C#N)n1. The number of nitrogens with one attached hydrogen (secondary N) is 1. The summed E-state index contributed by atoms with van der Waals surface area (Å²) in [5.74, 6) is 1.52. The molecule has 0 saturated heterocycles. The summed E-state index contributed by atoms with van der Waals surface area (Å²) < 4.78 is 0. The quantitative estimate of drug-likeness (QED) is 0.791. The summed E-state index contributed by atoms with van der Waals surface area (Å²) in [6.07, 6.45) is 6.47. The highest BCUT2D eigenvalue weighted by Gasteiger charge is 2.19. The number of rotatable bonds is 2. The van der Waals surface area contributed by atoms with Crippen LogP contribution in [0, 0.1) is 17.2 Å². The average molecular weight is 229 g/mol. The second kappa shape index (κ2) is 5.67. The zero-order valence-electron chi connectivity index (χ0n) is 10.3. The third-order valence-corrected chi connectivity index (χ3v) is 3.56. The van der Waals surface area contributed by atoms with Crippen molar-refractivity contribution in [3.63, 3.8) is 0 Å². The Morgan fingerprint density at radius 1 is 1.29 bits per heavy atom. The minimum absolute atomic E-state index is 0.483. The van der Waals surface area contributed by atoms with Gasteiger partial charge in [0.2, 0.25) is 0 Å². The van der Waals surface area contributed by atoms with Gasteiger partial charge in [0, 0.05) is 6.04 Å². The number of nitrogens with zero attached hydrogens (tertiary/aromatic N) is 2. The van der Waals surface area contributed by atoms with Crippen molar-refractivity contribution in [2.45, 2.75) is 45.1 Å². The van der Waals surface area contributed by atoms with Crippen LogP contribution in [0.2, 0.25) is 0 Å². The molecular formula is C14H19N3. The van der Waals surface area contributed by atoms with E-state index in [1.54, 1.807) is 6.07 Å². The molecule has 1 heterocycles. The van der Waals surface area contributed by atoms with Crippen LogP contribution in [-0.2, 0) is 0 Å². The van der Waals surface area contributed by atoms with Crippen molar-refractivity contribution in [2.24, 2.45) is 5.92 Å². The van der Waals surface area contributed by atoms with Gasteiger partial charge in [-0.15, -0.1) is 0 Å². The molecule has 3 heteroatoms. The van der Waals surface area contributed by atoms with E-state index in [0.29, 0.717) is 17.7 Å². The van der Waals surface area contributed by atoms with Crippen molar-refractivity contribution in [1.82, 2.24) is 4.98 Å². The summed E-state index contributed by atoms with van der Waals surface area (Å²) >= 11 is 0. The Morgan fingerprint density at radius 3 is 2.94 bits per heavy atom. The molecule has 1 saturated carbocycles. The summed E-state index contributed by atoms with van der Waals surface area (Å²) in [5, 5.41) is 12.3. The number of aromatic nitrogens is 1. The molecule has 1 N–H and O–H groups in total. The zero-order chi connectivity index (χ0) is 12.1. The lowest BCUT2D eigenvalue weighted by Gasteiger charge is -2.23. The smallest absolute Gasteiger partial charge is 0.142 e. The Bertz CT molecular complexity index is 408. The first-order valence-corrected chi connectivity index (χ1v) is 6.43. The van der Waals surface area contributed by atoms with E-state index in [9.17, 15) is 0 Å². The molecule has 3 nitrogen and oxygen atoms in total. The van der Waals surface area contributed by atoms with Gasteiger partial charge in [0.1, 0.15) is 17.6 Å². The summed E-state index contributed by atoms with van der Waals surface area (Å²) in [6, 6.07) is 8.14. The molecule has 0 bridgehead atoms. The Morgan fingerprint density at radius 2 is 2.12 bits per heavy atom. The predicted molar refractivity (Wildman–Crippen MR) is 68.6 cm³/mol. The van der Waals surface area contributed by atoms with Crippen LogP contribution in [0.25, 0.3) is 0 Å². The van der Waals surface area contributed by atoms with Gasteiger partial charge in [-0.3, -0.25) is 0 Å². The lowest BCUT2D eigenvalue weighted by molar-refractivity contribution is 0.455. The third kappa shape index (κ3) is 3.20. The van der Waals surface area contributed by atoms with E-state index in [0.717, 1.165) is 5.82 Å². The lowest BCUT2D eigenvalue weighted by Crippen LogP contribution is -2.26. The van der Waals surface area contributed by atoms with E-state index < -0.39 is 0 Å². The van der Waals surface area contributed by atoms with Crippen molar-refractivity contribution >= 4 is 5.82 Å². The van der Waals surface area contributed by atoms with Gasteiger partial charge in [-0.1, -0.05) is 32.3 Å². The molecule has 0 radical (unpaired) electrons. The van der Waals surface area contributed by atoms with Crippen LogP contribution in [0.5, 0.6) is 0 Å². The molecule has 0 amide bonds. The molecule has 1 aromatic heterocycles. The Kier molecular flexibility index (Phi) is 3.98. The number of hydrogen-bond donors (Lipinski definition) is 1. The summed E-state index contributed by atoms with van der Waals surface area (Å²) in [6.45, 7) is 2.30. The number of anilines is 1. The van der Waals surface area contributed by atoms with Crippen molar-refractivity contribution in [3.8, 4) is 6.07 Å². The normalized spacial score (nSPS) is 24.7. The molecule has 0 spiro atoms. The molecule has 90 valence electrons. The molecule has 2 rings (SSSR count). The topological polar surface area (TPSA) is 48.7 Å². The van der Waals surface area contributed by atoms with E-state index in [1.807, 2.05) is 12.1 Å². The van der Waals surface area contributed by atoms with E-state index in [4.69, 9.17) is 5.26 Å². The van der Waals surface area contributed by atoms with Gasteiger partial charge in [0.05, 0.1) is 0 Å². The van der Waals surface area contributed by atoms with Gasteiger partial charge in [0.25, 0.3) is 0 Å². The maximum Gasteiger partial charge on any atom is 0.142 e. The molecule has 17 heavy (non-hydrogen) atoms. The first-order valence-electron chi connectivity index (χ1n) is 6.43. The molecule has 2 unspecified atom stereocenters. The van der Waals surface area contributed by atoms with Crippen LogP contribution in [0.1, 0.15) is 44.7 Å². The fourth-order valence-electron chi connectivity index (χ4n) is 2.47. The highest BCUT2D eigenvalue weighted by atomic mass is 15.0. The number of nitriles is 1. The standard InChI is InChI=1S/C14H19N3/c1-11-6-3-2-4-8-13(11)17-14-9-5-7-12(10-15)16-14/h5,7,9,11,13H,2-4,6,8H2,1H3,(H,16,17). The minimum atomic E-state index is 0.483. The van der Waals surface area contributed by atoms with E-state index in [-0.39, 0.29) is 0 Å². The van der Waals surface area contributed by atoms with Gasteiger partial charge >= 0.3 is 0 Å². The van der Waals surface area contributed by atoms with Crippen LogP contribution in [0.4, 0.5) is 5.82 Å². The molecule has 2 atom stereocenters. The van der Waals surface area contributed by atoms with Gasteiger partial charge in [-0.2, -0.15) is 5.26 Å². The molecule has 0 aliphatic heterocycles. The monoisotopic (exact) mass is 229 g/mol. The Labute approximate surface area is 103 Å². The summed E-state index contributed by atoms with van der Waals surface area (Å²) in [5.41, 5.74) is 0.483. The minimum Gasteiger partial charge on any atom is -0.367 e. The van der Waals surface area contributed by atoms with E-state index in [1.165, 1.54) is 32.1 Å². The molecule has 1 aromatic rings. The maximum absolute atomic E-state index is 8.82. The van der Waals surface area contributed by atoms with Crippen LogP contribution in [-0.4, -0.2) is 11.0 Å². The van der Waals surface area contributed by atoms with Crippen LogP contribution < -0.4 is 5.32 Å². The first-order chi connectivity index (χ1) is 8.29. The Hall–Kier alpha value is -1.56. The van der Waals surface area contributed by atoms with Gasteiger partial charge in [0.15, 0.2) is 0 Å². The molecule has 1 aliphatic carbocycles. The number of hydrogen-bond acceptors (Lipinski definition) is 3. The highest BCUT2D eigenvalue weighted by molar-refractivity contribution is 5.39. The third-order valence-electron chi connectivity index (χ3n) is 3.56. The van der Waals surface area contributed by atoms with E-state index in [2.05, 4.69) is 23.3 Å². The van der Waals surface area contributed by atoms with Gasteiger partial charge in [-0.25, -0.2) is 4.98 Å². The molecular weight excluding hydrogens is 210 g/mol. The average Bonchev–Trinajstić information content (AvgIpc) is 2.55. The second-order valence-electron chi connectivity index (χ2n) is 4.89. The molecule has 1 aliphatic rings. The number of pyridine rings is 1. The summed E-state index contributed by atoms with van der Waals surface area (Å²) in [7, 11) is 0. The Balaban J connectivity index is 2.05.